The van der Waals surface area contributed by atoms with Crippen molar-refractivity contribution >= 4 is 33.9 Å². The first-order valence-electron chi connectivity index (χ1n) is 6.72. The minimum absolute atomic E-state index is 0.224. The van der Waals surface area contributed by atoms with E-state index in [4.69, 9.17) is 4.74 Å². The zero-order valence-corrected chi connectivity index (χ0v) is 13.0. The number of nitrogens with one attached hydrogen (secondary N) is 2. The van der Waals surface area contributed by atoms with E-state index in [-0.39, 0.29) is 6.54 Å². The zero-order valence-electron chi connectivity index (χ0n) is 11.4. The standard InChI is InChI=1S/C13H19BrN4O2/c1-20-10-4-2-9(3-5-10)17-13-12(15-6-7-19)16-8-11(14)18-13/h7-10H,2-6H2,1H3,(H,15,16)(H,17,18)/i6+1,7+1. The lowest BCUT2D eigenvalue weighted by Gasteiger charge is -2.28. The number of ether oxygens (including phenoxy) is 1. The van der Waals surface area contributed by atoms with Crippen LogP contribution in [0.15, 0.2) is 10.8 Å². The van der Waals surface area contributed by atoms with Gasteiger partial charge in [0.15, 0.2) is 11.6 Å². The number of aldehydes is 1. The fraction of sp³-hybridized carbons (Fsp3) is 0.615. The summed E-state index contributed by atoms with van der Waals surface area (Å²) in [6.45, 7) is 0.224. The Kier molecular flexibility index (Phi) is 5.72. The Morgan fingerprint density at radius 2 is 2.15 bits per heavy atom. The quantitative estimate of drug-likeness (QED) is 0.608. The molecule has 1 aliphatic rings. The maximum Gasteiger partial charge on any atom is 0.170 e. The highest BCUT2D eigenvalue weighted by Crippen LogP contribution is 2.26. The van der Waals surface area contributed by atoms with Crippen molar-refractivity contribution in [3.63, 3.8) is 0 Å². The van der Waals surface area contributed by atoms with Crippen LogP contribution < -0.4 is 10.6 Å². The fourth-order valence-corrected chi connectivity index (χ4v) is 2.65. The number of hydrogen-bond acceptors (Lipinski definition) is 6. The van der Waals surface area contributed by atoms with Crippen LogP contribution in [0.4, 0.5) is 11.6 Å². The van der Waals surface area contributed by atoms with Gasteiger partial charge in [-0.25, -0.2) is 9.97 Å². The van der Waals surface area contributed by atoms with Crippen molar-refractivity contribution in [3.8, 4) is 0 Å². The van der Waals surface area contributed by atoms with Crippen LogP contribution in [0.5, 0.6) is 0 Å². The molecule has 1 aliphatic carbocycles. The van der Waals surface area contributed by atoms with Crippen LogP contribution in [0.3, 0.4) is 0 Å². The van der Waals surface area contributed by atoms with E-state index in [0.29, 0.717) is 28.4 Å². The first kappa shape index (κ1) is 15.2. The number of rotatable bonds is 6. The van der Waals surface area contributed by atoms with Crippen molar-refractivity contribution < 1.29 is 9.53 Å². The first-order valence-corrected chi connectivity index (χ1v) is 7.51. The van der Waals surface area contributed by atoms with E-state index >= 15 is 0 Å². The summed E-state index contributed by atoms with van der Waals surface area (Å²) < 4.78 is 6.04. The van der Waals surface area contributed by atoms with Gasteiger partial charge in [-0.3, -0.25) is 0 Å². The molecule has 1 fully saturated rings. The van der Waals surface area contributed by atoms with Crippen LogP contribution in [0, 0.1) is 0 Å². The molecule has 0 saturated heterocycles. The van der Waals surface area contributed by atoms with Gasteiger partial charge in [0.1, 0.15) is 10.9 Å². The molecular weight excluding hydrogens is 326 g/mol. The Bertz CT molecular complexity index is 450. The minimum atomic E-state index is 0.224. The molecule has 1 heterocycles. The van der Waals surface area contributed by atoms with Crippen LogP contribution in [0.2, 0.25) is 0 Å². The number of hydrogen-bond donors (Lipinski definition) is 2. The second-order valence-electron chi connectivity index (χ2n) is 4.79. The molecule has 0 radical (unpaired) electrons. The van der Waals surface area contributed by atoms with Gasteiger partial charge in [-0.15, -0.1) is 0 Å². The molecule has 0 aliphatic heterocycles. The molecule has 110 valence electrons. The number of anilines is 2. The molecule has 20 heavy (non-hydrogen) atoms. The Balaban J connectivity index is 2.00. The second-order valence-corrected chi connectivity index (χ2v) is 5.60. The molecule has 1 saturated carbocycles. The predicted molar refractivity (Wildman–Crippen MR) is 81.0 cm³/mol. The Hall–Kier alpha value is -1.21. The molecule has 0 atom stereocenters. The Labute approximate surface area is 126 Å². The highest BCUT2D eigenvalue weighted by atomic mass is 79.9. The molecule has 2 N–H and O–H groups in total. The van der Waals surface area contributed by atoms with E-state index in [9.17, 15) is 4.79 Å². The number of aromatic nitrogens is 2. The molecule has 0 spiro atoms. The molecule has 0 aromatic carbocycles. The van der Waals surface area contributed by atoms with Crippen LogP contribution in [-0.2, 0) is 9.53 Å². The lowest BCUT2D eigenvalue weighted by molar-refractivity contribution is -0.106. The van der Waals surface area contributed by atoms with Gasteiger partial charge in [0.25, 0.3) is 0 Å². The van der Waals surface area contributed by atoms with Crippen molar-refractivity contribution in [3.05, 3.63) is 10.8 Å². The van der Waals surface area contributed by atoms with E-state index in [0.717, 1.165) is 32.0 Å². The van der Waals surface area contributed by atoms with E-state index in [1.807, 2.05) is 0 Å². The maximum absolute atomic E-state index is 10.5. The van der Waals surface area contributed by atoms with Gasteiger partial charge in [0, 0.05) is 13.2 Å². The SMILES string of the molecule is COC1CCC(Nc2nc(Br)cnc2N[13CH2][13CH]=O)CC1. The summed E-state index contributed by atoms with van der Waals surface area (Å²) in [5.74, 6) is 1.29. The topological polar surface area (TPSA) is 76.1 Å². The van der Waals surface area contributed by atoms with Crippen LogP contribution >= 0.6 is 15.9 Å². The van der Waals surface area contributed by atoms with E-state index < -0.39 is 0 Å². The Morgan fingerprint density at radius 3 is 2.80 bits per heavy atom. The highest BCUT2D eigenvalue weighted by Gasteiger charge is 2.22. The molecule has 0 bridgehead atoms. The van der Waals surface area contributed by atoms with Crippen LogP contribution in [0.25, 0.3) is 0 Å². The second kappa shape index (κ2) is 7.54. The Morgan fingerprint density at radius 1 is 1.40 bits per heavy atom. The molecule has 7 heteroatoms. The smallest absolute Gasteiger partial charge is 0.170 e. The number of halogens is 1. The first-order chi connectivity index (χ1) is 9.72. The maximum atomic E-state index is 10.5. The van der Waals surface area contributed by atoms with Gasteiger partial charge in [-0.2, -0.15) is 0 Å². The summed E-state index contributed by atoms with van der Waals surface area (Å²) in [7, 11) is 1.76. The third-order valence-corrected chi connectivity index (χ3v) is 3.83. The van der Waals surface area contributed by atoms with E-state index in [1.54, 1.807) is 13.3 Å². The summed E-state index contributed by atoms with van der Waals surface area (Å²) in [5, 5.41) is 6.36. The zero-order chi connectivity index (χ0) is 14.4. The highest BCUT2D eigenvalue weighted by molar-refractivity contribution is 9.10. The van der Waals surface area contributed by atoms with E-state index in [1.165, 1.54) is 0 Å². The van der Waals surface area contributed by atoms with Gasteiger partial charge in [0.05, 0.1) is 18.8 Å². The van der Waals surface area contributed by atoms with Crippen LogP contribution in [0.1, 0.15) is 25.7 Å². The molecule has 1 aromatic rings. The lowest BCUT2D eigenvalue weighted by atomic mass is 9.93. The third-order valence-electron chi connectivity index (χ3n) is 3.44. The normalized spacial score (nSPS) is 22.3. The summed E-state index contributed by atoms with van der Waals surface area (Å²) in [5.41, 5.74) is 0. The number of carbonyl (C=O) groups excluding carboxylic acids is 1. The number of carbonyl (C=O) groups is 1. The third kappa shape index (κ3) is 4.14. The average Bonchev–Trinajstić information content (AvgIpc) is 2.47. The van der Waals surface area contributed by atoms with Crippen LogP contribution in [-0.4, -0.2) is 42.1 Å². The summed E-state index contributed by atoms with van der Waals surface area (Å²) in [6.07, 6.45) is 6.96. The fourth-order valence-electron chi connectivity index (χ4n) is 2.37. The van der Waals surface area contributed by atoms with Crippen molar-refractivity contribution in [2.75, 3.05) is 24.3 Å². The predicted octanol–water partition coefficient (Wildman–Crippen LogP) is 2.22. The molecule has 1 aromatic heterocycles. The van der Waals surface area contributed by atoms with Crippen molar-refractivity contribution in [1.29, 1.82) is 0 Å². The van der Waals surface area contributed by atoms with Crippen molar-refractivity contribution in [1.82, 2.24) is 9.97 Å². The van der Waals surface area contributed by atoms with Gasteiger partial charge in [0.2, 0.25) is 0 Å². The minimum Gasteiger partial charge on any atom is -0.381 e. The number of methoxy groups -OCH3 is 1. The lowest BCUT2D eigenvalue weighted by Crippen LogP contribution is -2.30. The molecule has 0 unspecified atom stereocenters. The molecular formula is C13H19BrN4O2. The van der Waals surface area contributed by atoms with Gasteiger partial charge in [-0.05, 0) is 41.6 Å². The summed E-state index contributed by atoms with van der Waals surface area (Å²) in [6, 6.07) is 0.363. The van der Waals surface area contributed by atoms with Gasteiger partial charge < -0.3 is 20.2 Å². The van der Waals surface area contributed by atoms with Gasteiger partial charge >= 0.3 is 0 Å². The monoisotopic (exact) mass is 344 g/mol. The van der Waals surface area contributed by atoms with E-state index in [2.05, 4.69) is 36.5 Å². The molecule has 6 nitrogen and oxygen atoms in total. The van der Waals surface area contributed by atoms with Crippen molar-refractivity contribution in [2.24, 2.45) is 0 Å². The largest absolute Gasteiger partial charge is 0.381 e. The summed E-state index contributed by atoms with van der Waals surface area (Å²) >= 11 is 3.32. The average molecular weight is 345 g/mol. The van der Waals surface area contributed by atoms with Gasteiger partial charge in [-0.1, -0.05) is 0 Å². The number of nitrogens with zero attached hydrogens (tertiary/aromatic N) is 2. The molecule has 2 rings (SSSR count). The van der Waals surface area contributed by atoms with Crippen molar-refractivity contribution in [2.45, 2.75) is 37.8 Å². The molecule has 0 amide bonds. The summed E-state index contributed by atoms with van der Waals surface area (Å²) in [4.78, 5) is 19.1.